The fraction of sp³-hybridized carbons (Fsp3) is 0.733. The molecule has 0 saturated heterocycles. The second-order valence-corrected chi connectivity index (χ2v) is 5.20. The van der Waals surface area contributed by atoms with Crippen molar-refractivity contribution in [3.63, 3.8) is 0 Å². The van der Waals surface area contributed by atoms with Gasteiger partial charge in [-0.25, -0.2) is 9.97 Å². The monoisotopic (exact) mass is 263 g/mol. The molecule has 4 heteroatoms. The highest BCUT2D eigenvalue weighted by molar-refractivity contribution is 5.36. The molecule has 0 amide bonds. The summed E-state index contributed by atoms with van der Waals surface area (Å²) in [5.74, 6) is 1.78. The molecule has 1 aromatic rings. The minimum atomic E-state index is -0.246. The van der Waals surface area contributed by atoms with Crippen LogP contribution in [0.2, 0.25) is 0 Å². The third-order valence-electron chi connectivity index (χ3n) is 3.78. The maximum absolute atomic E-state index is 6.06. The Labute approximate surface area is 116 Å². The van der Waals surface area contributed by atoms with Crippen LogP contribution in [0.25, 0.3) is 0 Å². The minimum Gasteiger partial charge on any atom is -0.373 e. The first-order valence-corrected chi connectivity index (χ1v) is 7.44. The Bertz CT molecular complexity index is 414. The number of nitrogens with one attached hydrogen (secondary N) is 1. The molecular weight excluding hydrogens is 238 g/mol. The van der Waals surface area contributed by atoms with E-state index in [1.807, 2.05) is 13.1 Å². The Balaban J connectivity index is 2.37. The summed E-state index contributed by atoms with van der Waals surface area (Å²) in [5, 5.41) is 3.14. The van der Waals surface area contributed by atoms with Crippen LogP contribution in [0.5, 0.6) is 0 Å². The number of hydrogen-bond acceptors (Lipinski definition) is 4. The second kappa shape index (κ2) is 6.33. The van der Waals surface area contributed by atoms with E-state index in [4.69, 9.17) is 9.72 Å². The van der Waals surface area contributed by atoms with Gasteiger partial charge in [-0.2, -0.15) is 0 Å². The standard InChI is InChI=1S/C15H25N3O/c1-4-8-12-11-13(16-3)18-14(17-12)15(19-5-2)9-6-7-10-15/h11H,4-10H2,1-3H3,(H,16,17,18). The van der Waals surface area contributed by atoms with E-state index in [0.29, 0.717) is 0 Å². The van der Waals surface area contributed by atoms with Crippen LogP contribution in [-0.2, 0) is 16.8 Å². The Morgan fingerprint density at radius 1 is 1.26 bits per heavy atom. The van der Waals surface area contributed by atoms with Gasteiger partial charge in [0.1, 0.15) is 11.4 Å². The fourth-order valence-electron chi connectivity index (χ4n) is 2.87. The Morgan fingerprint density at radius 2 is 2.00 bits per heavy atom. The molecule has 0 aliphatic heterocycles. The molecule has 19 heavy (non-hydrogen) atoms. The summed E-state index contributed by atoms with van der Waals surface area (Å²) in [6.45, 7) is 4.94. The van der Waals surface area contributed by atoms with Crippen LogP contribution in [0, 0.1) is 0 Å². The van der Waals surface area contributed by atoms with Gasteiger partial charge >= 0.3 is 0 Å². The molecule has 1 heterocycles. The molecule has 1 aliphatic carbocycles. The lowest BCUT2D eigenvalue weighted by molar-refractivity contribution is -0.0457. The van der Waals surface area contributed by atoms with Crippen LogP contribution < -0.4 is 5.32 Å². The van der Waals surface area contributed by atoms with E-state index < -0.39 is 0 Å². The van der Waals surface area contributed by atoms with Crippen LogP contribution in [0.1, 0.15) is 57.5 Å². The largest absolute Gasteiger partial charge is 0.373 e. The predicted octanol–water partition coefficient (Wildman–Crippen LogP) is 3.28. The first-order valence-electron chi connectivity index (χ1n) is 7.44. The fourth-order valence-corrected chi connectivity index (χ4v) is 2.87. The van der Waals surface area contributed by atoms with Gasteiger partial charge in [0.15, 0.2) is 5.82 Å². The summed E-state index contributed by atoms with van der Waals surface area (Å²) >= 11 is 0. The van der Waals surface area contributed by atoms with Gasteiger partial charge in [-0.15, -0.1) is 0 Å². The minimum absolute atomic E-state index is 0.246. The van der Waals surface area contributed by atoms with Crippen molar-refractivity contribution in [2.24, 2.45) is 0 Å². The van der Waals surface area contributed by atoms with Crippen molar-refractivity contribution in [1.29, 1.82) is 0 Å². The molecule has 1 saturated carbocycles. The highest BCUT2D eigenvalue weighted by Gasteiger charge is 2.39. The highest BCUT2D eigenvalue weighted by atomic mass is 16.5. The lowest BCUT2D eigenvalue weighted by Crippen LogP contribution is -2.29. The summed E-state index contributed by atoms with van der Waals surface area (Å²) in [6.07, 6.45) is 6.58. The van der Waals surface area contributed by atoms with Crippen LogP contribution in [-0.4, -0.2) is 23.6 Å². The Morgan fingerprint density at radius 3 is 2.58 bits per heavy atom. The van der Waals surface area contributed by atoms with Crippen molar-refractivity contribution in [1.82, 2.24) is 9.97 Å². The number of anilines is 1. The topological polar surface area (TPSA) is 47.0 Å². The normalized spacial score (nSPS) is 17.6. The number of nitrogens with zero attached hydrogens (tertiary/aromatic N) is 2. The van der Waals surface area contributed by atoms with E-state index in [1.165, 1.54) is 12.8 Å². The van der Waals surface area contributed by atoms with Crippen molar-refractivity contribution in [2.75, 3.05) is 19.0 Å². The molecule has 4 nitrogen and oxygen atoms in total. The maximum Gasteiger partial charge on any atom is 0.162 e. The lowest BCUT2D eigenvalue weighted by Gasteiger charge is -2.28. The predicted molar refractivity (Wildman–Crippen MR) is 77.3 cm³/mol. The van der Waals surface area contributed by atoms with Crippen LogP contribution in [0.3, 0.4) is 0 Å². The SMILES string of the molecule is CCCc1cc(NC)nc(C2(OCC)CCCC2)n1. The molecular formula is C15H25N3O. The first-order chi connectivity index (χ1) is 9.24. The van der Waals surface area contributed by atoms with E-state index in [-0.39, 0.29) is 5.60 Å². The van der Waals surface area contributed by atoms with Crippen molar-refractivity contribution < 1.29 is 4.74 Å². The summed E-state index contributed by atoms with van der Waals surface area (Å²) < 4.78 is 6.06. The zero-order valence-electron chi connectivity index (χ0n) is 12.3. The maximum atomic E-state index is 6.06. The number of rotatable bonds is 6. The van der Waals surface area contributed by atoms with Crippen molar-refractivity contribution in [3.05, 3.63) is 17.6 Å². The number of hydrogen-bond donors (Lipinski definition) is 1. The smallest absolute Gasteiger partial charge is 0.162 e. The van der Waals surface area contributed by atoms with Gasteiger partial charge in [-0.1, -0.05) is 13.3 Å². The summed E-state index contributed by atoms with van der Waals surface area (Å²) in [7, 11) is 1.91. The van der Waals surface area contributed by atoms with Gasteiger partial charge in [0.2, 0.25) is 0 Å². The van der Waals surface area contributed by atoms with Gasteiger partial charge in [-0.05, 0) is 39.0 Å². The molecule has 0 bridgehead atoms. The molecule has 1 aromatic heterocycles. The second-order valence-electron chi connectivity index (χ2n) is 5.20. The van der Waals surface area contributed by atoms with Gasteiger partial charge < -0.3 is 10.1 Å². The van der Waals surface area contributed by atoms with Gasteiger partial charge in [-0.3, -0.25) is 0 Å². The quantitative estimate of drug-likeness (QED) is 0.855. The lowest BCUT2D eigenvalue weighted by atomic mass is 10.0. The van der Waals surface area contributed by atoms with Crippen molar-refractivity contribution in [3.8, 4) is 0 Å². The third kappa shape index (κ3) is 3.06. The molecule has 1 fully saturated rings. The molecule has 2 rings (SSSR count). The van der Waals surface area contributed by atoms with E-state index in [9.17, 15) is 0 Å². The van der Waals surface area contributed by atoms with E-state index in [2.05, 4.69) is 24.1 Å². The Kier molecular flexibility index (Phi) is 4.75. The van der Waals surface area contributed by atoms with E-state index >= 15 is 0 Å². The zero-order valence-corrected chi connectivity index (χ0v) is 12.3. The molecule has 0 aromatic carbocycles. The first kappa shape index (κ1) is 14.3. The zero-order chi connectivity index (χ0) is 13.7. The molecule has 0 radical (unpaired) electrons. The molecule has 0 atom stereocenters. The van der Waals surface area contributed by atoms with Crippen LogP contribution >= 0.6 is 0 Å². The number of aryl methyl sites for hydroxylation is 1. The molecule has 0 unspecified atom stereocenters. The highest BCUT2D eigenvalue weighted by Crippen LogP contribution is 2.40. The van der Waals surface area contributed by atoms with Crippen molar-refractivity contribution >= 4 is 5.82 Å². The number of ether oxygens (including phenoxy) is 1. The third-order valence-corrected chi connectivity index (χ3v) is 3.78. The molecule has 106 valence electrons. The van der Waals surface area contributed by atoms with Gasteiger partial charge in [0.25, 0.3) is 0 Å². The summed E-state index contributed by atoms with van der Waals surface area (Å²) in [4.78, 5) is 9.43. The number of aromatic nitrogens is 2. The molecule has 1 N–H and O–H groups in total. The van der Waals surface area contributed by atoms with Crippen molar-refractivity contribution in [2.45, 2.75) is 58.0 Å². The van der Waals surface area contributed by atoms with Crippen LogP contribution in [0.4, 0.5) is 5.82 Å². The Hall–Kier alpha value is -1.16. The molecule has 0 spiro atoms. The van der Waals surface area contributed by atoms with E-state index in [0.717, 1.165) is 49.6 Å². The van der Waals surface area contributed by atoms with Gasteiger partial charge in [0, 0.05) is 25.4 Å². The van der Waals surface area contributed by atoms with Gasteiger partial charge in [0.05, 0.1) is 0 Å². The average molecular weight is 263 g/mol. The summed E-state index contributed by atoms with van der Waals surface area (Å²) in [6, 6.07) is 2.04. The average Bonchev–Trinajstić information content (AvgIpc) is 2.89. The summed E-state index contributed by atoms with van der Waals surface area (Å²) in [5.41, 5.74) is 0.868. The van der Waals surface area contributed by atoms with Crippen LogP contribution in [0.15, 0.2) is 6.07 Å². The van der Waals surface area contributed by atoms with E-state index in [1.54, 1.807) is 0 Å². The molecule has 1 aliphatic rings.